The van der Waals surface area contributed by atoms with Crippen LogP contribution in [-0.4, -0.2) is 114 Å². The summed E-state index contributed by atoms with van der Waals surface area (Å²) < 4.78 is 15.0. The summed E-state index contributed by atoms with van der Waals surface area (Å²) in [5.74, 6) is 0. The second-order valence-corrected chi connectivity index (χ2v) is 6.87. The molecule has 1 unspecified atom stereocenters. The van der Waals surface area contributed by atoms with Crippen LogP contribution in [0.5, 0.6) is 0 Å². The molecular formula is C18H39K2O3P. The van der Waals surface area contributed by atoms with Gasteiger partial charge in [0.05, 0.1) is 6.61 Å². The summed E-state index contributed by atoms with van der Waals surface area (Å²) in [5.41, 5.74) is 0. The summed E-state index contributed by atoms with van der Waals surface area (Å²) in [4.78, 5) is 8.50. The fourth-order valence-corrected chi connectivity index (χ4v) is 2.83. The molecule has 1 N–H and O–H groups in total. The summed E-state index contributed by atoms with van der Waals surface area (Å²) in [7, 11) is -2.71. The van der Waals surface area contributed by atoms with Gasteiger partial charge in [-0.3, -0.25) is 4.57 Å². The third-order valence-electron chi connectivity index (χ3n) is 3.88. The molecule has 0 aliphatic heterocycles. The number of hydrogen-bond donors (Lipinski definition) is 1. The van der Waals surface area contributed by atoms with E-state index in [1.54, 1.807) is 0 Å². The average molecular weight is 413 g/mol. The molecule has 1 atom stereocenters. The third kappa shape index (κ3) is 29.9. The maximum absolute atomic E-state index is 10.3. The number of rotatable bonds is 17. The fraction of sp³-hybridized carbons (Fsp3) is 0.889. The van der Waals surface area contributed by atoms with Crippen molar-refractivity contribution in [2.24, 2.45) is 0 Å². The zero-order chi connectivity index (χ0) is 16.3. The molecule has 0 aromatic rings. The Hall–Kier alpha value is 3.16. The van der Waals surface area contributed by atoms with E-state index in [9.17, 15) is 4.57 Å². The van der Waals surface area contributed by atoms with Gasteiger partial charge in [0.25, 0.3) is 0 Å². The van der Waals surface area contributed by atoms with Crippen LogP contribution in [0.15, 0.2) is 12.2 Å². The van der Waals surface area contributed by atoms with Gasteiger partial charge in [-0.05, 0) is 32.1 Å². The molecule has 0 aromatic heterocycles. The van der Waals surface area contributed by atoms with Crippen molar-refractivity contribution in [1.82, 2.24) is 0 Å². The van der Waals surface area contributed by atoms with Gasteiger partial charge in [-0.2, -0.15) is 0 Å². The molecule has 0 bridgehead atoms. The molecule has 0 rings (SSSR count). The molecule has 0 heterocycles. The number of unbranched alkanes of at least 4 members (excludes halogenated alkanes) is 12. The average Bonchev–Trinajstić information content (AvgIpc) is 2.50. The van der Waals surface area contributed by atoms with Gasteiger partial charge in [0.2, 0.25) is 0 Å². The zero-order valence-electron chi connectivity index (χ0n) is 14.5. The van der Waals surface area contributed by atoms with Crippen LogP contribution in [0.2, 0.25) is 0 Å². The van der Waals surface area contributed by atoms with Crippen LogP contribution in [0.4, 0.5) is 0 Å². The minimum absolute atomic E-state index is 0. The van der Waals surface area contributed by atoms with Crippen molar-refractivity contribution >= 4 is 111 Å². The molecule has 3 nitrogen and oxygen atoms in total. The van der Waals surface area contributed by atoms with Crippen molar-refractivity contribution in [2.75, 3.05) is 6.61 Å². The van der Waals surface area contributed by atoms with Crippen LogP contribution in [0.25, 0.3) is 0 Å². The Morgan fingerprint density at radius 1 is 0.750 bits per heavy atom. The predicted molar refractivity (Wildman–Crippen MR) is 111 cm³/mol. The van der Waals surface area contributed by atoms with Gasteiger partial charge in [-0.15, -0.1) is 0 Å². The summed E-state index contributed by atoms with van der Waals surface area (Å²) in [5, 5.41) is 0. The molecule has 0 spiro atoms. The summed E-state index contributed by atoms with van der Waals surface area (Å²) in [6.07, 6.45) is 22.5. The Balaban J connectivity index is -0.00000220. The van der Waals surface area contributed by atoms with Crippen LogP contribution in [0, 0.1) is 0 Å². The van der Waals surface area contributed by atoms with E-state index in [4.69, 9.17) is 4.89 Å². The molecule has 6 heteroatoms. The first-order valence-electron chi connectivity index (χ1n) is 9.28. The fourth-order valence-electron chi connectivity index (χ4n) is 2.51. The second-order valence-electron chi connectivity index (χ2n) is 6.05. The van der Waals surface area contributed by atoms with Gasteiger partial charge in [0, 0.05) is 0 Å². The molecule has 0 aliphatic rings. The third-order valence-corrected chi connectivity index (χ3v) is 4.33. The predicted octanol–water partition coefficient (Wildman–Crippen LogP) is 5.13. The van der Waals surface area contributed by atoms with Crippen molar-refractivity contribution in [3.8, 4) is 0 Å². The molecular weight excluding hydrogens is 373 g/mol. The van der Waals surface area contributed by atoms with Crippen LogP contribution >= 0.6 is 8.25 Å². The molecule has 0 fully saturated rings. The van der Waals surface area contributed by atoms with Gasteiger partial charge >= 0.3 is 111 Å². The van der Waals surface area contributed by atoms with Gasteiger partial charge in [0.1, 0.15) is 0 Å². The van der Waals surface area contributed by atoms with Crippen LogP contribution in [0.3, 0.4) is 0 Å². The number of hydrogen-bond acceptors (Lipinski definition) is 2. The second kappa shape index (κ2) is 28.4. The van der Waals surface area contributed by atoms with Crippen molar-refractivity contribution in [3.63, 3.8) is 0 Å². The van der Waals surface area contributed by atoms with E-state index in [1.165, 1.54) is 77.0 Å². The van der Waals surface area contributed by atoms with E-state index in [1.807, 2.05) is 0 Å². The van der Waals surface area contributed by atoms with E-state index < -0.39 is 8.25 Å². The molecule has 0 aromatic carbocycles. The minimum atomic E-state index is -2.71. The standard InChI is InChI=1S/C18H37O3P.2K.2H/c1-2-3-4-5-6-7-8-9-10-11-12-13-14-15-16-17-18-21-22(19)20;;;;/h9-10,22H,2-8,11-18H2,1H3,(H,19,20);;;;/b10-9-;;;;. The monoisotopic (exact) mass is 412 g/mol. The zero-order valence-corrected chi connectivity index (χ0v) is 15.5. The van der Waals surface area contributed by atoms with E-state index in [2.05, 4.69) is 23.6 Å². The Morgan fingerprint density at radius 2 is 1.17 bits per heavy atom. The molecule has 0 saturated heterocycles. The van der Waals surface area contributed by atoms with E-state index >= 15 is 0 Å². The van der Waals surface area contributed by atoms with Crippen molar-refractivity contribution in [2.45, 2.75) is 96.8 Å². The van der Waals surface area contributed by atoms with Gasteiger partial charge in [0.15, 0.2) is 0 Å². The number of allylic oxidation sites excluding steroid dienone is 2. The van der Waals surface area contributed by atoms with Crippen LogP contribution in [-0.2, 0) is 9.09 Å². The van der Waals surface area contributed by atoms with Crippen molar-refractivity contribution in [1.29, 1.82) is 0 Å². The first-order valence-corrected chi connectivity index (χ1v) is 10.5. The first kappa shape index (κ1) is 31.8. The quantitative estimate of drug-likeness (QED) is 0.156. The van der Waals surface area contributed by atoms with E-state index in [-0.39, 0.29) is 103 Å². The van der Waals surface area contributed by atoms with E-state index in [0.29, 0.717) is 6.61 Å². The van der Waals surface area contributed by atoms with E-state index in [0.717, 1.165) is 12.8 Å². The van der Waals surface area contributed by atoms with Crippen molar-refractivity contribution in [3.05, 3.63) is 12.2 Å². The molecule has 136 valence electrons. The van der Waals surface area contributed by atoms with Gasteiger partial charge in [-0.25, -0.2) is 0 Å². The SMILES string of the molecule is CCCCCCCC/C=C\CCCCCCCCO[PH](=O)O.[KH].[KH]. The Bertz CT molecular complexity index is 277. The Morgan fingerprint density at radius 3 is 1.62 bits per heavy atom. The normalized spacial score (nSPS) is 11.9. The topological polar surface area (TPSA) is 46.5 Å². The molecule has 24 heavy (non-hydrogen) atoms. The molecule has 0 saturated carbocycles. The van der Waals surface area contributed by atoms with Gasteiger partial charge < -0.3 is 9.42 Å². The summed E-state index contributed by atoms with van der Waals surface area (Å²) in [6, 6.07) is 0. The summed E-state index contributed by atoms with van der Waals surface area (Å²) >= 11 is 0. The van der Waals surface area contributed by atoms with Crippen molar-refractivity contribution < 1.29 is 14.0 Å². The molecule has 0 amide bonds. The van der Waals surface area contributed by atoms with Crippen LogP contribution in [0.1, 0.15) is 96.8 Å². The maximum atomic E-state index is 10.3. The Labute approximate surface area is 236 Å². The molecule has 0 radical (unpaired) electrons. The van der Waals surface area contributed by atoms with Crippen LogP contribution < -0.4 is 0 Å². The Kier molecular flexibility index (Phi) is 37.6. The molecule has 0 aliphatic carbocycles. The van der Waals surface area contributed by atoms with Gasteiger partial charge in [-0.1, -0.05) is 76.9 Å². The summed E-state index contributed by atoms with van der Waals surface area (Å²) in [6.45, 7) is 2.69. The first-order chi connectivity index (χ1) is 10.8.